The maximum Gasteiger partial charge on any atom is 0.309 e. The van der Waals surface area contributed by atoms with Gasteiger partial charge in [0.15, 0.2) is 8.32 Å². The van der Waals surface area contributed by atoms with E-state index in [1.165, 1.54) is 7.11 Å². The second kappa shape index (κ2) is 8.54. The van der Waals surface area contributed by atoms with Crippen LogP contribution >= 0.6 is 0 Å². The normalized spacial score (nSPS) is 33.6. The summed E-state index contributed by atoms with van der Waals surface area (Å²) < 4.78 is 22.8. The van der Waals surface area contributed by atoms with Crippen LogP contribution in [0.4, 0.5) is 0 Å². The van der Waals surface area contributed by atoms with E-state index in [-0.39, 0.29) is 52.9 Å². The van der Waals surface area contributed by atoms with Crippen LogP contribution in [0.1, 0.15) is 47.0 Å². The first-order valence-corrected chi connectivity index (χ1v) is 13.1. The summed E-state index contributed by atoms with van der Waals surface area (Å²) in [6.07, 6.45) is 1.39. The van der Waals surface area contributed by atoms with Crippen molar-refractivity contribution in [2.75, 3.05) is 27.6 Å². The van der Waals surface area contributed by atoms with Crippen LogP contribution < -0.4 is 0 Å². The third-order valence-corrected chi connectivity index (χ3v) is 11.9. The molecule has 0 aromatic rings. The molecule has 0 unspecified atom stereocenters. The Hall–Kier alpha value is -0.763. The van der Waals surface area contributed by atoms with E-state index in [4.69, 9.17) is 18.6 Å². The summed E-state index contributed by atoms with van der Waals surface area (Å²) in [7, 11) is 1.01. The molecule has 0 amide bonds. The minimum Gasteiger partial charge on any atom is -0.469 e. The van der Waals surface area contributed by atoms with Crippen molar-refractivity contribution in [3.05, 3.63) is 0 Å². The van der Waals surface area contributed by atoms with Crippen LogP contribution in [0.5, 0.6) is 0 Å². The second-order valence-electron chi connectivity index (χ2n) is 10.2. The van der Waals surface area contributed by atoms with Crippen LogP contribution in [-0.4, -0.2) is 53.8 Å². The van der Waals surface area contributed by atoms with Gasteiger partial charge >= 0.3 is 5.97 Å². The van der Waals surface area contributed by atoms with E-state index in [9.17, 15) is 9.59 Å². The summed E-state index contributed by atoms with van der Waals surface area (Å²) in [5, 5.41) is 0.0808. The van der Waals surface area contributed by atoms with E-state index < -0.39 is 8.32 Å². The van der Waals surface area contributed by atoms with Crippen LogP contribution in [0.25, 0.3) is 0 Å². The Balaban J connectivity index is 2.36. The number of ether oxygens (including phenoxy) is 3. The molecular weight excluding hydrogens is 376 g/mol. The van der Waals surface area contributed by atoms with Gasteiger partial charge in [-0.2, -0.15) is 0 Å². The lowest BCUT2D eigenvalue weighted by molar-refractivity contribution is -0.177. The predicted molar refractivity (Wildman–Crippen MR) is 109 cm³/mol. The van der Waals surface area contributed by atoms with E-state index in [0.29, 0.717) is 25.9 Å². The van der Waals surface area contributed by atoms with Crippen LogP contribution in [0, 0.1) is 23.2 Å². The fourth-order valence-electron chi connectivity index (χ4n) is 4.61. The number of carbonyl (C=O) groups excluding carboxylic acids is 2. The molecule has 0 aliphatic heterocycles. The number of methoxy groups -OCH3 is 2. The van der Waals surface area contributed by atoms with Gasteiger partial charge in [0.05, 0.1) is 19.1 Å². The summed E-state index contributed by atoms with van der Waals surface area (Å²) in [5.74, 6) is -0.517. The molecule has 0 aromatic heterocycles. The van der Waals surface area contributed by atoms with E-state index in [0.717, 1.165) is 0 Å². The molecule has 0 N–H and O–H groups in total. The van der Waals surface area contributed by atoms with Gasteiger partial charge in [-0.15, -0.1) is 0 Å². The van der Waals surface area contributed by atoms with Crippen molar-refractivity contribution in [3.8, 4) is 0 Å². The molecule has 0 saturated heterocycles. The zero-order valence-corrected chi connectivity index (χ0v) is 19.8. The number of hydrogen-bond donors (Lipinski definition) is 0. The number of esters is 1. The van der Waals surface area contributed by atoms with Crippen molar-refractivity contribution in [3.63, 3.8) is 0 Å². The molecule has 2 fully saturated rings. The molecule has 6 nitrogen and oxygen atoms in total. The summed E-state index contributed by atoms with van der Waals surface area (Å²) in [6.45, 7) is 13.7. The average Bonchev–Trinajstić information content (AvgIpc) is 2.92. The standard InChI is InChI=1S/C21H38O6Si/c1-14-17(26-13-24-5)11-21(12-27-28(7,8)20(2,3)4)10-15(22)9-16(21)18(14)19(23)25-6/h14,16-18H,9-13H2,1-8H3/t14-,16+,17-,18+,21-/m1/s1. The van der Waals surface area contributed by atoms with Gasteiger partial charge in [0.1, 0.15) is 12.6 Å². The largest absolute Gasteiger partial charge is 0.469 e. The predicted octanol–water partition coefficient (Wildman–Crippen LogP) is 3.79. The van der Waals surface area contributed by atoms with E-state index in [1.807, 2.05) is 6.92 Å². The molecule has 5 atom stereocenters. The summed E-state index contributed by atoms with van der Waals surface area (Å²) in [5.41, 5.74) is -0.379. The molecule has 0 bridgehead atoms. The van der Waals surface area contributed by atoms with Gasteiger partial charge in [0.2, 0.25) is 0 Å². The van der Waals surface area contributed by atoms with Crippen LogP contribution in [0.15, 0.2) is 0 Å². The third kappa shape index (κ3) is 4.53. The van der Waals surface area contributed by atoms with Crippen molar-refractivity contribution >= 4 is 20.1 Å². The maximum atomic E-state index is 12.7. The van der Waals surface area contributed by atoms with Crippen LogP contribution in [-0.2, 0) is 28.2 Å². The van der Waals surface area contributed by atoms with Gasteiger partial charge in [-0.3, -0.25) is 9.59 Å². The first-order valence-electron chi connectivity index (χ1n) is 10.2. The SMILES string of the molecule is COCO[C@@H]1C[C@@]2(CO[Si](C)(C)C(C)(C)C)CC(=O)C[C@H]2[C@@H](C(=O)OC)[C@@H]1C. The Bertz CT molecular complexity index is 584. The summed E-state index contributed by atoms with van der Waals surface area (Å²) in [6, 6.07) is 0. The molecule has 28 heavy (non-hydrogen) atoms. The minimum atomic E-state index is -1.99. The average molecular weight is 415 g/mol. The van der Waals surface area contributed by atoms with Gasteiger partial charge in [0, 0.05) is 32.0 Å². The van der Waals surface area contributed by atoms with Gasteiger partial charge in [-0.05, 0) is 36.4 Å². The Morgan fingerprint density at radius 2 is 1.89 bits per heavy atom. The van der Waals surface area contributed by atoms with Gasteiger partial charge in [-0.25, -0.2) is 0 Å². The fourth-order valence-corrected chi connectivity index (χ4v) is 5.69. The summed E-state index contributed by atoms with van der Waals surface area (Å²) in [4.78, 5) is 25.3. The molecule has 162 valence electrons. The fraction of sp³-hybridized carbons (Fsp3) is 0.905. The maximum absolute atomic E-state index is 12.7. The molecule has 7 heteroatoms. The first-order chi connectivity index (χ1) is 12.9. The number of hydrogen-bond acceptors (Lipinski definition) is 6. The number of ketones is 1. The highest BCUT2D eigenvalue weighted by Gasteiger charge is 2.60. The lowest BCUT2D eigenvalue weighted by Gasteiger charge is -2.50. The Morgan fingerprint density at radius 1 is 1.25 bits per heavy atom. The van der Waals surface area contributed by atoms with E-state index in [1.54, 1.807) is 7.11 Å². The molecule has 0 radical (unpaired) electrons. The molecular formula is C21H38O6Si. The van der Waals surface area contributed by atoms with Gasteiger partial charge in [0.25, 0.3) is 0 Å². The lowest BCUT2D eigenvalue weighted by atomic mass is 9.59. The smallest absolute Gasteiger partial charge is 0.309 e. The lowest BCUT2D eigenvalue weighted by Crippen LogP contribution is -2.54. The number of rotatable bonds is 7. The highest BCUT2D eigenvalue weighted by molar-refractivity contribution is 6.74. The molecule has 2 aliphatic rings. The molecule has 0 spiro atoms. The van der Waals surface area contributed by atoms with Crippen LogP contribution in [0.3, 0.4) is 0 Å². The second-order valence-corrected chi connectivity index (χ2v) is 15.0. The third-order valence-electron chi connectivity index (χ3n) is 7.38. The molecule has 0 heterocycles. The number of fused-ring (bicyclic) bond motifs is 1. The van der Waals surface area contributed by atoms with Crippen molar-refractivity contribution < 1.29 is 28.2 Å². The highest BCUT2D eigenvalue weighted by Crippen LogP contribution is 2.57. The van der Waals surface area contributed by atoms with Crippen molar-refractivity contribution in [1.82, 2.24) is 0 Å². The topological polar surface area (TPSA) is 71.1 Å². The Labute approximate surface area is 170 Å². The van der Waals surface area contributed by atoms with E-state index >= 15 is 0 Å². The number of carbonyl (C=O) groups is 2. The molecule has 2 aliphatic carbocycles. The minimum absolute atomic E-state index is 0.0421. The van der Waals surface area contributed by atoms with E-state index in [2.05, 4.69) is 33.9 Å². The summed E-state index contributed by atoms with van der Waals surface area (Å²) >= 11 is 0. The first kappa shape index (κ1) is 23.5. The zero-order valence-electron chi connectivity index (χ0n) is 18.8. The van der Waals surface area contributed by atoms with Crippen molar-refractivity contribution in [1.29, 1.82) is 0 Å². The van der Waals surface area contributed by atoms with Crippen molar-refractivity contribution in [2.24, 2.45) is 23.2 Å². The molecule has 2 saturated carbocycles. The quantitative estimate of drug-likeness (QED) is 0.359. The number of Topliss-reactive ketones (excluding diaryl/α,β-unsaturated/α-hetero) is 1. The zero-order chi connectivity index (χ0) is 21.3. The molecule has 0 aromatic carbocycles. The van der Waals surface area contributed by atoms with Crippen LogP contribution in [0.2, 0.25) is 18.1 Å². The van der Waals surface area contributed by atoms with Crippen molar-refractivity contribution in [2.45, 2.75) is 71.2 Å². The highest BCUT2D eigenvalue weighted by atomic mass is 28.4. The Morgan fingerprint density at radius 3 is 2.43 bits per heavy atom. The monoisotopic (exact) mass is 414 g/mol. The molecule has 2 rings (SSSR count). The Kier molecular flexibility index (Phi) is 7.17. The van der Waals surface area contributed by atoms with Gasteiger partial charge < -0.3 is 18.6 Å². The van der Waals surface area contributed by atoms with Gasteiger partial charge in [-0.1, -0.05) is 27.7 Å².